The van der Waals surface area contributed by atoms with Crippen LogP contribution >= 0.6 is 0 Å². The molecule has 3 N–H and O–H groups in total. The van der Waals surface area contributed by atoms with Crippen molar-refractivity contribution in [3.8, 4) is 0 Å². The number of aromatic nitrogens is 1. The number of carbonyl (C=O) groups is 3. The smallest absolute Gasteiger partial charge is 0.416 e. The normalized spacial score (nSPS) is 16.7. The Morgan fingerprint density at radius 2 is 1.86 bits per heavy atom. The van der Waals surface area contributed by atoms with Crippen LogP contribution in [-0.2, 0) is 26.9 Å². The number of amides is 3. The number of hydrogen-bond acceptors (Lipinski definition) is 6. The van der Waals surface area contributed by atoms with Crippen LogP contribution in [0.1, 0.15) is 31.9 Å². The zero-order chi connectivity index (χ0) is 27.5. The van der Waals surface area contributed by atoms with Crippen LogP contribution < -0.4 is 20.9 Å². The SMILES string of the molecule is CN[C@@H](C)C(=O)N[C@H](C(=O)N1c2ncccc2C[C@@H]1OC(=O)Nc1ccc(C(F)(F)F)cc1F)C(C)C. The number of nitrogens with one attached hydrogen (secondary N) is 3. The van der Waals surface area contributed by atoms with E-state index >= 15 is 0 Å². The molecular formula is C24H27F4N5O4. The van der Waals surface area contributed by atoms with Crippen LogP contribution in [0.3, 0.4) is 0 Å². The quantitative estimate of drug-likeness (QED) is 0.478. The summed E-state index contributed by atoms with van der Waals surface area (Å²) in [6, 6.07) is 3.39. The fraction of sp³-hybridized carbons (Fsp3) is 0.417. The Hall–Kier alpha value is -3.74. The molecule has 0 fully saturated rings. The molecule has 2 heterocycles. The largest absolute Gasteiger partial charge is 0.424 e. The highest BCUT2D eigenvalue weighted by atomic mass is 19.4. The molecule has 0 unspecified atom stereocenters. The molecule has 0 bridgehead atoms. The highest BCUT2D eigenvalue weighted by Crippen LogP contribution is 2.33. The Balaban J connectivity index is 1.82. The van der Waals surface area contributed by atoms with Crippen molar-refractivity contribution < 1.29 is 36.7 Å². The maximum Gasteiger partial charge on any atom is 0.416 e. The number of rotatable bonds is 7. The number of ether oxygens (including phenoxy) is 1. The van der Waals surface area contributed by atoms with Crippen LogP contribution in [0.15, 0.2) is 36.5 Å². The molecule has 1 aromatic carbocycles. The van der Waals surface area contributed by atoms with E-state index < -0.39 is 59.5 Å². The monoisotopic (exact) mass is 525 g/mol. The molecule has 3 rings (SSSR count). The number of pyridine rings is 1. The molecule has 13 heteroatoms. The van der Waals surface area contributed by atoms with Crippen LogP contribution in [0.5, 0.6) is 0 Å². The predicted molar refractivity (Wildman–Crippen MR) is 126 cm³/mol. The van der Waals surface area contributed by atoms with E-state index in [1.54, 1.807) is 40.0 Å². The van der Waals surface area contributed by atoms with Gasteiger partial charge in [0.1, 0.15) is 17.7 Å². The third-order valence-corrected chi connectivity index (χ3v) is 5.85. The maximum atomic E-state index is 14.2. The molecule has 3 atom stereocenters. The lowest BCUT2D eigenvalue weighted by atomic mass is 10.0. The fourth-order valence-electron chi connectivity index (χ4n) is 3.69. The minimum absolute atomic E-state index is 0.0590. The second-order valence-corrected chi connectivity index (χ2v) is 8.82. The lowest BCUT2D eigenvalue weighted by Crippen LogP contribution is -2.56. The molecule has 0 spiro atoms. The Bertz CT molecular complexity index is 1170. The van der Waals surface area contributed by atoms with Crippen molar-refractivity contribution in [2.24, 2.45) is 5.92 Å². The number of nitrogens with zero attached hydrogens (tertiary/aromatic N) is 2. The van der Waals surface area contributed by atoms with E-state index in [0.717, 1.165) is 11.0 Å². The van der Waals surface area contributed by atoms with Gasteiger partial charge < -0.3 is 15.4 Å². The second-order valence-electron chi connectivity index (χ2n) is 8.82. The van der Waals surface area contributed by atoms with Crippen molar-refractivity contribution in [3.05, 3.63) is 53.5 Å². The third-order valence-electron chi connectivity index (χ3n) is 5.85. The molecule has 200 valence electrons. The molecule has 9 nitrogen and oxygen atoms in total. The van der Waals surface area contributed by atoms with E-state index in [9.17, 15) is 31.9 Å². The number of carbonyl (C=O) groups excluding carboxylic acids is 3. The Morgan fingerprint density at radius 1 is 1.16 bits per heavy atom. The Labute approximate surface area is 210 Å². The summed E-state index contributed by atoms with van der Waals surface area (Å²) in [7, 11) is 1.60. The van der Waals surface area contributed by atoms with Crippen LogP contribution in [0.4, 0.5) is 33.9 Å². The molecule has 0 radical (unpaired) electrons. The third kappa shape index (κ3) is 6.34. The van der Waals surface area contributed by atoms with Crippen molar-refractivity contribution >= 4 is 29.4 Å². The van der Waals surface area contributed by atoms with E-state index in [1.807, 2.05) is 0 Å². The zero-order valence-corrected chi connectivity index (χ0v) is 20.5. The molecule has 37 heavy (non-hydrogen) atoms. The molecule has 3 amide bonds. The topological polar surface area (TPSA) is 113 Å². The minimum atomic E-state index is -4.75. The first kappa shape index (κ1) is 27.8. The summed E-state index contributed by atoms with van der Waals surface area (Å²) in [6.07, 6.45) is -5.64. The van der Waals surface area contributed by atoms with Crippen LogP contribution in [0.2, 0.25) is 0 Å². The van der Waals surface area contributed by atoms with Gasteiger partial charge in [-0.15, -0.1) is 0 Å². The molecule has 1 aliphatic heterocycles. The molecular weight excluding hydrogens is 498 g/mol. The second kappa shape index (κ2) is 11.1. The van der Waals surface area contributed by atoms with E-state index in [0.29, 0.717) is 11.6 Å². The van der Waals surface area contributed by atoms with Crippen molar-refractivity contribution in [2.45, 2.75) is 51.7 Å². The summed E-state index contributed by atoms with van der Waals surface area (Å²) in [6.45, 7) is 5.09. The maximum absolute atomic E-state index is 14.2. The van der Waals surface area contributed by atoms with Gasteiger partial charge in [0.05, 0.1) is 17.3 Å². The number of likely N-dealkylation sites (N-methyl/N-ethyl adjacent to an activating group) is 1. The van der Waals surface area contributed by atoms with Gasteiger partial charge in [-0.25, -0.2) is 14.2 Å². The van der Waals surface area contributed by atoms with Crippen molar-refractivity contribution in [1.29, 1.82) is 0 Å². The average molecular weight is 526 g/mol. The highest BCUT2D eigenvalue weighted by Gasteiger charge is 2.42. The van der Waals surface area contributed by atoms with Gasteiger partial charge in [0.2, 0.25) is 5.91 Å². The molecule has 0 aliphatic carbocycles. The van der Waals surface area contributed by atoms with Crippen molar-refractivity contribution in [2.75, 3.05) is 17.3 Å². The summed E-state index contributed by atoms with van der Waals surface area (Å²) in [5.41, 5.74) is -1.16. The van der Waals surface area contributed by atoms with Crippen molar-refractivity contribution in [1.82, 2.24) is 15.6 Å². The molecule has 2 aromatic rings. The number of alkyl halides is 3. The van der Waals surface area contributed by atoms with Gasteiger partial charge in [-0.3, -0.25) is 19.8 Å². The van der Waals surface area contributed by atoms with E-state index in [2.05, 4.69) is 20.9 Å². The summed E-state index contributed by atoms with van der Waals surface area (Å²) < 4.78 is 58.0. The van der Waals surface area contributed by atoms with E-state index in [1.165, 1.54) is 6.20 Å². The molecule has 0 saturated heterocycles. The van der Waals surface area contributed by atoms with E-state index in [-0.39, 0.29) is 24.2 Å². The molecule has 1 aromatic heterocycles. The van der Waals surface area contributed by atoms with Gasteiger partial charge in [0, 0.05) is 18.2 Å². The van der Waals surface area contributed by atoms with Crippen LogP contribution in [-0.4, -0.2) is 48.3 Å². The standard InChI is InChI=1S/C24H27F4N5O4/c1-12(2)19(32-21(34)13(3)29-4)22(35)33-18(10-14-6-5-9-30-20(14)33)37-23(36)31-17-8-7-15(11-16(17)25)24(26,27)28/h5-9,11-13,18-19,29H,10H2,1-4H3,(H,31,36)(H,32,34)/t13-,18-,19-/m0/s1. The first-order chi connectivity index (χ1) is 17.3. The Morgan fingerprint density at radius 3 is 2.46 bits per heavy atom. The number of hydrogen-bond donors (Lipinski definition) is 3. The fourth-order valence-corrected chi connectivity index (χ4v) is 3.69. The first-order valence-corrected chi connectivity index (χ1v) is 11.4. The van der Waals surface area contributed by atoms with Crippen molar-refractivity contribution in [3.63, 3.8) is 0 Å². The van der Waals surface area contributed by atoms with Gasteiger partial charge in [-0.1, -0.05) is 19.9 Å². The lowest BCUT2D eigenvalue weighted by Gasteiger charge is -2.31. The van der Waals surface area contributed by atoms with Crippen LogP contribution in [0, 0.1) is 11.7 Å². The van der Waals surface area contributed by atoms with Gasteiger partial charge in [-0.2, -0.15) is 13.2 Å². The van der Waals surface area contributed by atoms with Gasteiger partial charge in [-0.05, 0) is 44.2 Å². The van der Waals surface area contributed by atoms with Crippen LogP contribution in [0.25, 0.3) is 0 Å². The first-order valence-electron chi connectivity index (χ1n) is 11.4. The van der Waals surface area contributed by atoms with E-state index in [4.69, 9.17) is 4.74 Å². The summed E-state index contributed by atoms with van der Waals surface area (Å²) >= 11 is 0. The van der Waals surface area contributed by atoms with Gasteiger partial charge >= 0.3 is 12.3 Å². The molecule has 0 saturated carbocycles. The summed E-state index contributed by atoms with van der Waals surface area (Å²) in [5, 5.41) is 7.55. The van der Waals surface area contributed by atoms with Gasteiger partial charge in [0.15, 0.2) is 6.23 Å². The number of halogens is 4. The summed E-state index contributed by atoms with van der Waals surface area (Å²) in [4.78, 5) is 44.0. The zero-order valence-electron chi connectivity index (χ0n) is 20.5. The minimum Gasteiger partial charge on any atom is -0.424 e. The Kier molecular flexibility index (Phi) is 8.36. The number of fused-ring (bicyclic) bond motifs is 1. The average Bonchev–Trinajstić information content (AvgIpc) is 3.19. The highest BCUT2D eigenvalue weighted by molar-refractivity contribution is 6.01. The van der Waals surface area contributed by atoms with Gasteiger partial charge in [0.25, 0.3) is 5.91 Å². The summed E-state index contributed by atoms with van der Waals surface area (Å²) in [5.74, 6) is -2.42. The number of anilines is 2. The lowest BCUT2D eigenvalue weighted by molar-refractivity contribution is -0.137. The predicted octanol–water partition coefficient (Wildman–Crippen LogP) is 3.45. The molecule has 1 aliphatic rings. The number of benzene rings is 1.